The molecule has 0 unspecified atom stereocenters. The molecule has 0 radical (unpaired) electrons. The Morgan fingerprint density at radius 3 is 3.19 bits per heavy atom. The number of aromatic nitrogens is 2. The van der Waals surface area contributed by atoms with E-state index in [1.54, 1.807) is 23.6 Å². The first-order chi connectivity index (χ1) is 7.83. The molecule has 2 heterocycles. The van der Waals surface area contributed by atoms with Gasteiger partial charge in [-0.3, -0.25) is 9.89 Å². The van der Waals surface area contributed by atoms with Gasteiger partial charge in [0, 0.05) is 10.9 Å². The predicted octanol–water partition coefficient (Wildman–Crippen LogP) is 2.21. The second-order valence-electron chi connectivity index (χ2n) is 3.84. The molecule has 0 saturated heterocycles. The molecule has 2 aromatic heterocycles. The number of fused-ring (bicyclic) bond motifs is 1. The number of H-pyrrole nitrogens is 1. The number of aromatic amines is 1. The summed E-state index contributed by atoms with van der Waals surface area (Å²) in [7, 11) is 0. The molecule has 0 atom stereocenters. The number of rotatable bonds is 2. The number of nitrogens with zero attached hydrogens (tertiary/aromatic N) is 1. The maximum absolute atomic E-state index is 11.9. The molecular formula is C11H11N3OS. The normalized spacial score (nSPS) is 13.8. The van der Waals surface area contributed by atoms with Crippen molar-refractivity contribution in [1.29, 1.82) is 0 Å². The van der Waals surface area contributed by atoms with E-state index in [1.165, 1.54) is 16.9 Å². The van der Waals surface area contributed by atoms with Crippen LogP contribution in [0.15, 0.2) is 18.3 Å². The topological polar surface area (TPSA) is 57.8 Å². The molecule has 1 aliphatic carbocycles. The van der Waals surface area contributed by atoms with Crippen LogP contribution in [0.3, 0.4) is 0 Å². The van der Waals surface area contributed by atoms with E-state index in [2.05, 4.69) is 15.5 Å². The smallest absolute Gasteiger partial charge is 0.266 e. The lowest BCUT2D eigenvalue weighted by Crippen LogP contribution is -2.10. The monoisotopic (exact) mass is 233 g/mol. The van der Waals surface area contributed by atoms with Gasteiger partial charge in [-0.1, -0.05) is 0 Å². The summed E-state index contributed by atoms with van der Waals surface area (Å²) in [6.45, 7) is 0. The van der Waals surface area contributed by atoms with Crippen molar-refractivity contribution in [3.05, 3.63) is 33.6 Å². The molecule has 0 spiro atoms. The van der Waals surface area contributed by atoms with Crippen LogP contribution >= 0.6 is 11.3 Å². The fraction of sp³-hybridized carbons (Fsp3) is 0.273. The summed E-state index contributed by atoms with van der Waals surface area (Å²) in [6, 6.07) is 3.75. The van der Waals surface area contributed by atoms with Gasteiger partial charge >= 0.3 is 0 Å². The largest absolute Gasteiger partial charge is 0.306 e. The molecule has 0 fully saturated rings. The fourth-order valence-corrected chi connectivity index (χ4v) is 3.10. The van der Waals surface area contributed by atoms with Crippen LogP contribution in [0.4, 0.5) is 5.82 Å². The number of amides is 1. The van der Waals surface area contributed by atoms with Gasteiger partial charge in [0.1, 0.15) is 5.82 Å². The van der Waals surface area contributed by atoms with Gasteiger partial charge in [0.15, 0.2) is 0 Å². The Morgan fingerprint density at radius 1 is 1.50 bits per heavy atom. The van der Waals surface area contributed by atoms with Crippen LogP contribution in [-0.4, -0.2) is 16.1 Å². The second-order valence-corrected chi connectivity index (χ2v) is 4.97. The number of anilines is 1. The van der Waals surface area contributed by atoms with Gasteiger partial charge in [-0.25, -0.2) is 0 Å². The van der Waals surface area contributed by atoms with Crippen LogP contribution < -0.4 is 5.32 Å². The molecule has 2 aromatic rings. The van der Waals surface area contributed by atoms with Crippen LogP contribution in [0.5, 0.6) is 0 Å². The maximum Gasteiger partial charge on any atom is 0.266 e. The van der Waals surface area contributed by atoms with Crippen molar-refractivity contribution in [2.24, 2.45) is 0 Å². The summed E-state index contributed by atoms with van der Waals surface area (Å²) in [5, 5.41) is 9.27. The van der Waals surface area contributed by atoms with Gasteiger partial charge in [0.05, 0.1) is 11.1 Å². The van der Waals surface area contributed by atoms with Gasteiger partial charge in [0.2, 0.25) is 0 Å². The standard InChI is InChI=1S/C11H11N3OS/c15-11(13-10-4-5-12-14-10)9-6-7-2-1-3-8(7)16-9/h4-6H,1-3H2,(H2,12,13,14,15). The third-order valence-electron chi connectivity index (χ3n) is 2.72. The van der Waals surface area contributed by atoms with Crippen LogP contribution in [-0.2, 0) is 12.8 Å². The number of aryl methyl sites for hydroxylation is 2. The van der Waals surface area contributed by atoms with E-state index in [4.69, 9.17) is 0 Å². The highest BCUT2D eigenvalue weighted by Crippen LogP contribution is 2.30. The molecule has 2 N–H and O–H groups in total. The third-order valence-corrected chi connectivity index (χ3v) is 3.96. The number of hydrogen-bond donors (Lipinski definition) is 2. The molecule has 1 aliphatic rings. The summed E-state index contributed by atoms with van der Waals surface area (Å²) in [5.41, 5.74) is 1.35. The van der Waals surface area contributed by atoms with E-state index in [1.807, 2.05) is 6.07 Å². The number of hydrogen-bond acceptors (Lipinski definition) is 3. The Morgan fingerprint density at radius 2 is 2.44 bits per heavy atom. The van der Waals surface area contributed by atoms with Crippen LogP contribution in [0.25, 0.3) is 0 Å². The van der Waals surface area contributed by atoms with E-state index >= 15 is 0 Å². The van der Waals surface area contributed by atoms with Crippen LogP contribution in [0.1, 0.15) is 26.5 Å². The Balaban J connectivity index is 1.79. The minimum Gasteiger partial charge on any atom is -0.306 e. The van der Waals surface area contributed by atoms with E-state index in [9.17, 15) is 4.79 Å². The molecule has 3 rings (SSSR count). The number of carbonyl (C=O) groups is 1. The number of thiophene rings is 1. The Kier molecular flexibility index (Phi) is 2.25. The van der Waals surface area contributed by atoms with Gasteiger partial charge in [-0.15, -0.1) is 11.3 Å². The van der Waals surface area contributed by atoms with Crippen LogP contribution in [0.2, 0.25) is 0 Å². The van der Waals surface area contributed by atoms with Gasteiger partial charge < -0.3 is 5.32 Å². The fourth-order valence-electron chi connectivity index (χ4n) is 1.95. The maximum atomic E-state index is 11.9. The molecule has 5 heteroatoms. The summed E-state index contributed by atoms with van der Waals surface area (Å²) in [6.07, 6.45) is 5.08. The summed E-state index contributed by atoms with van der Waals surface area (Å²) in [5.74, 6) is 0.585. The van der Waals surface area contributed by atoms with Crippen molar-refractivity contribution >= 4 is 23.1 Å². The lowest BCUT2D eigenvalue weighted by atomic mass is 10.2. The first-order valence-corrected chi connectivity index (χ1v) is 6.07. The van der Waals surface area contributed by atoms with Gasteiger partial charge in [0.25, 0.3) is 5.91 Å². The Hall–Kier alpha value is -1.62. The Labute approximate surface area is 96.7 Å². The first kappa shape index (κ1) is 9.59. The van der Waals surface area contributed by atoms with Crippen molar-refractivity contribution in [2.45, 2.75) is 19.3 Å². The SMILES string of the molecule is O=C(Nc1ccn[nH]1)c1cc2c(s1)CCC2. The van der Waals surface area contributed by atoms with Gasteiger partial charge in [-0.05, 0) is 30.9 Å². The lowest BCUT2D eigenvalue weighted by Gasteiger charge is -1.98. The molecule has 0 bridgehead atoms. The quantitative estimate of drug-likeness (QED) is 0.835. The lowest BCUT2D eigenvalue weighted by molar-refractivity contribution is 0.103. The van der Waals surface area contributed by atoms with Crippen LogP contribution in [0, 0.1) is 0 Å². The minimum absolute atomic E-state index is 0.0522. The van der Waals surface area contributed by atoms with Crippen molar-refractivity contribution in [2.75, 3.05) is 5.32 Å². The number of nitrogens with one attached hydrogen (secondary N) is 2. The van der Waals surface area contributed by atoms with Crippen molar-refractivity contribution < 1.29 is 4.79 Å². The highest BCUT2D eigenvalue weighted by atomic mass is 32.1. The van der Waals surface area contributed by atoms with E-state index in [-0.39, 0.29) is 5.91 Å². The Bertz CT molecular complexity index is 494. The zero-order chi connectivity index (χ0) is 11.0. The molecule has 4 nitrogen and oxygen atoms in total. The first-order valence-electron chi connectivity index (χ1n) is 5.25. The zero-order valence-electron chi connectivity index (χ0n) is 8.62. The second kappa shape index (κ2) is 3.75. The highest BCUT2D eigenvalue weighted by molar-refractivity contribution is 7.14. The van der Waals surface area contributed by atoms with E-state index in [0.717, 1.165) is 17.7 Å². The van der Waals surface area contributed by atoms with E-state index in [0.29, 0.717) is 5.82 Å². The molecule has 0 saturated carbocycles. The van der Waals surface area contributed by atoms with Crippen molar-refractivity contribution in [1.82, 2.24) is 10.2 Å². The highest BCUT2D eigenvalue weighted by Gasteiger charge is 2.18. The average molecular weight is 233 g/mol. The molecule has 0 aromatic carbocycles. The van der Waals surface area contributed by atoms with E-state index < -0.39 is 0 Å². The molecule has 1 amide bonds. The minimum atomic E-state index is -0.0522. The molecular weight excluding hydrogens is 222 g/mol. The van der Waals surface area contributed by atoms with Crippen molar-refractivity contribution in [3.63, 3.8) is 0 Å². The predicted molar refractivity (Wildman–Crippen MR) is 62.9 cm³/mol. The molecule has 82 valence electrons. The van der Waals surface area contributed by atoms with Crippen molar-refractivity contribution in [3.8, 4) is 0 Å². The molecule has 16 heavy (non-hydrogen) atoms. The number of carbonyl (C=O) groups excluding carboxylic acids is 1. The summed E-state index contributed by atoms with van der Waals surface area (Å²) >= 11 is 1.61. The average Bonchev–Trinajstić information content (AvgIpc) is 2.91. The summed E-state index contributed by atoms with van der Waals surface area (Å²) < 4.78 is 0. The molecule has 0 aliphatic heterocycles. The summed E-state index contributed by atoms with van der Waals surface area (Å²) in [4.78, 5) is 14.0. The van der Waals surface area contributed by atoms with Gasteiger partial charge in [-0.2, -0.15) is 5.10 Å². The zero-order valence-corrected chi connectivity index (χ0v) is 9.43. The third kappa shape index (κ3) is 1.63.